The van der Waals surface area contributed by atoms with Crippen molar-refractivity contribution in [3.05, 3.63) is 35.1 Å². The van der Waals surface area contributed by atoms with Crippen molar-refractivity contribution in [1.82, 2.24) is 0 Å². The van der Waals surface area contributed by atoms with Crippen molar-refractivity contribution in [2.24, 2.45) is 0 Å². The largest absolute Gasteiger partial charge is 0.294 e. The van der Waals surface area contributed by atoms with Gasteiger partial charge in [0.2, 0.25) is 0 Å². The Bertz CT molecular complexity index is 336. The third kappa shape index (κ3) is 2.91. The first kappa shape index (κ1) is 11.4. The van der Waals surface area contributed by atoms with Crippen LogP contribution in [0.15, 0.2) is 18.2 Å². The van der Waals surface area contributed by atoms with Crippen LogP contribution in [0.1, 0.15) is 28.8 Å². The summed E-state index contributed by atoms with van der Waals surface area (Å²) < 4.78 is 13.3. The van der Waals surface area contributed by atoms with Gasteiger partial charge in [-0.25, -0.2) is 4.39 Å². The molecule has 1 aromatic rings. The minimum atomic E-state index is -0.412. The quantitative estimate of drug-likeness (QED) is 0.597. The van der Waals surface area contributed by atoms with Gasteiger partial charge in [-0.1, -0.05) is 22.0 Å². The highest BCUT2D eigenvalue weighted by Crippen LogP contribution is 2.13. The summed E-state index contributed by atoms with van der Waals surface area (Å²) in [6, 6.07) is 4.70. The first-order valence-corrected chi connectivity index (χ1v) is 5.62. The second kappa shape index (κ2) is 5.25. The summed E-state index contributed by atoms with van der Waals surface area (Å²) in [5.41, 5.74) is 1.04. The van der Waals surface area contributed by atoms with Crippen LogP contribution < -0.4 is 0 Å². The van der Waals surface area contributed by atoms with Gasteiger partial charge in [0, 0.05) is 11.8 Å². The Morgan fingerprint density at radius 2 is 2.21 bits per heavy atom. The number of hydrogen-bond donors (Lipinski definition) is 0. The van der Waals surface area contributed by atoms with E-state index in [0.717, 1.165) is 17.3 Å². The van der Waals surface area contributed by atoms with E-state index in [0.29, 0.717) is 6.42 Å². The molecule has 0 amide bonds. The standard InChI is InChI=1S/C11H12BrFO/c1-8-4-5-9(10(13)7-8)11(14)3-2-6-12/h4-5,7H,2-3,6H2,1H3. The molecule has 0 aliphatic heterocycles. The van der Waals surface area contributed by atoms with Crippen LogP contribution in [0.4, 0.5) is 4.39 Å². The van der Waals surface area contributed by atoms with Gasteiger partial charge in [0.05, 0.1) is 5.56 Å². The molecule has 0 bridgehead atoms. The number of aryl methyl sites for hydroxylation is 1. The highest BCUT2D eigenvalue weighted by atomic mass is 79.9. The molecule has 0 aliphatic rings. The van der Waals surface area contributed by atoms with Gasteiger partial charge in [0.25, 0.3) is 0 Å². The molecule has 1 aromatic carbocycles. The molecule has 0 aliphatic carbocycles. The Hall–Kier alpha value is -0.700. The van der Waals surface area contributed by atoms with Gasteiger partial charge in [-0.2, -0.15) is 0 Å². The molecule has 0 aromatic heterocycles. The van der Waals surface area contributed by atoms with E-state index >= 15 is 0 Å². The third-order valence-electron chi connectivity index (χ3n) is 1.96. The van der Waals surface area contributed by atoms with Crippen LogP contribution in [-0.2, 0) is 0 Å². The molecule has 0 heterocycles. The first-order chi connectivity index (χ1) is 6.65. The van der Waals surface area contributed by atoms with Gasteiger partial charge in [-0.05, 0) is 31.0 Å². The van der Waals surface area contributed by atoms with Crippen LogP contribution in [0, 0.1) is 12.7 Å². The summed E-state index contributed by atoms with van der Waals surface area (Å²) in [6.07, 6.45) is 1.14. The molecule has 0 unspecified atom stereocenters. The van der Waals surface area contributed by atoms with Crippen LogP contribution in [0.25, 0.3) is 0 Å². The molecule has 0 spiro atoms. The maximum absolute atomic E-state index is 13.3. The minimum Gasteiger partial charge on any atom is -0.294 e. The molecular weight excluding hydrogens is 247 g/mol. The van der Waals surface area contributed by atoms with Crippen molar-refractivity contribution in [2.75, 3.05) is 5.33 Å². The highest BCUT2D eigenvalue weighted by molar-refractivity contribution is 9.09. The van der Waals surface area contributed by atoms with Crippen LogP contribution in [0.2, 0.25) is 0 Å². The van der Waals surface area contributed by atoms with E-state index in [4.69, 9.17) is 0 Å². The Kier molecular flexibility index (Phi) is 4.26. The summed E-state index contributed by atoms with van der Waals surface area (Å²) in [4.78, 5) is 11.5. The molecule has 1 nitrogen and oxygen atoms in total. The van der Waals surface area contributed by atoms with Crippen molar-refractivity contribution in [1.29, 1.82) is 0 Å². The fourth-order valence-corrected chi connectivity index (χ4v) is 1.49. The average molecular weight is 259 g/mol. The number of Topliss-reactive ketones (excluding diaryl/α,β-unsaturated/α-hetero) is 1. The Morgan fingerprint density at radius 1 is 1.50 bits per heavy atom. The zero-order valence-electron chi connectivity index (χ0n) is 8.02. The van der Waals surface area contributed by atoms with Crippen LogP contribution in [0.5, 0.6) is 0 Å². The molecular formula is C11H12BrFO. The summed E-state index contributed by atoms with van der Waals surface area (Å²) in [7, 11) is 0. The molecule has 0 atom stereocenters. The first-order valence-electron chi connectivity index (χ1n) is 4.50. The number of carbonyl (C=O) groups excluding carboxylic acids is 1. The Labute approximate surface area is 91.5 Å². The summed E-state index contributed by atoms with van der Waals surface area (Å²) in [5.74, 6) is -0.536. The van der Waals surface area contributed by atoms with Crippen molar-refractivity contribution in [3.8, 4) is 0 Å². The van der Waals surface area contributed by atoms with Gasteiger partial charge in [-0.15, -0.1) is 0 Å². The predicted octanol–water partition coefficient (Wildman–Crippen LogP) is 3.49. The van der Waals surface area contributed by atoms with E-state index in [2.05, 4.69) is 15.9 Å². The minimum absolute atomic E-state index is 0.123. The number of benzene rings is 1. The number of carbonyl (C=O) groups is 1. The Morgan fingerprint density at radius 3 is 2.79 bits per heavy atom. The predicted molar refractivity (Wildman–Crippen MR) is 58.5 cm³/mol. The normalized spacial score (nSPS) is 10.2. The smallest absolute Gasteiger partial charge is 0.165 e. The second-order valence-electron chi connectivity index (χ2n) is 3.20. The van der Waals surface area contributed by atoms with Gasteiger partial charge < -0.3 is 0 Å². The lowest BCUT2D eigenvalue weighted by Crippen LogP contribution is -2.02. The maximum atomic E-state index is 13.3. The lowest BCUT2D eigenvalue weighted by molar-refractivity contribution is 0.0978. The second-order valence-corrected chi connectivity index (χ2v) is 3.99. The van der Waals surface area contributed by atoms with E-state index in [1.165, 1.54) is 6.07 Å². The van der Waals surface area contributed by atoms with E-state index in [9.17, 15) is 9.18 Å². The van der Waals surface area contributed by atoms with Crippen molar-refractivity contribution in [3.63, 3.8) is 0 Å². The van der Waals surface area contributed by atoms with Gasteiger partial charge in [-0.3, -0.25) is 4.79 Å². The van der Waals surface area contributed by atoms with Crippen LogP contribution in [-0.4, -0.2) is 11.1 Å². The number of rotatable bonds is 4. The highest BCUT2D eigenvalue weighted by Gasteiger charge is 2.10. The van der Waals surface area contributed by atoms with E-state index in [1.54, 1.807) is 19.1 Å². The van der Waals surface area contributed by atoms with Gasteiger partial charge in [0.1, 0.15) is 5.82 Å². The van der Waals surface area contributed by atoms with Crippen LogP contribution in [0.3, 0.4) is 0 Å². The topological polar surface area (TPSA) is 17.1 Å². The molecule has 14 heavy (non-hydrogen) atoms. The molecule has 0 radical (unpaired) electrons. The molecule has 0 N–H and O–H groups in total. The molecule has 76 valence electrons. The zero-order valence-corrected chi connectivity index (χ0v) is 9.60. The average Bonchev–Trinajstić information content (AvgIpc) is 2.14. The van der Waals surface area contributed by atoms with Crippen LogP contribution >= 0.6 is 15.9 Å². The fourth-order valence-electron chi connectivity index (χ4n) is 1.21. The van der Waals surface area contributed by atoms with Crippen molar-refractivity contribution < 1.29 is 9.18 Å². The van der Waals surface area contributed by atoms with E-state index < -0.39 is 5.82 Å². The van der Waals surface area contributed by atoms with Crippen molar-refractivity contribution in [2.45, 2.75) is 19.8 Å². The monoisotopic (exact) mass is 258 g/mol. The van der Waals surface area contributed by atoms with Gasteiger partial charge in [0.15, 0.2) is 5.78 Å². The molecule has 0 fully saturated rings. The molecule has 3 heteroatoms. The molecule has 0 saturated carbocycles. The SMILES string of the molecule is Cc1ccc(C(=O)CCCBr)c(F)c1. The summed E-state index contributed by atoms with van der Waals surface area (Å²) in [6.45, 7) is 1.80. The van der Waals surface area contributed by atoms with Gasteiger partial charge >= 0.3 is 0 Å². The summed E-state index contributed by atoms with van der Waals surface area (Å²) in [5, 5.41) is 0.770. The lowest BCUT2D eigenvalue weighted by Gasteiger charge is -2.02. The fraction of sp³-hybridized carbons (Fsp3) is 0.364. The zero-order chi connectivity index (χ0) is 10.6. The van der Waals surface area contributed by atoms with E-state index in [-0.39, 0.29) is 11.3 Å². The van der Waals surface area contributed by atoms with Crippen molar-refractivity contribution >= 4 is 21.7 Å². The lowest BCUT2D eigenvalue weighted by atomic mass is 10.0. The number of hydrogen-bond acceptors (Lipinski definition) is 1. The molecule has 1 rings (SSSR count). The van der Waals surface area contributed by atoms with E-state index in [1.807, 2.05) is 0 Å². The molecule has 0 saturated heterocycles. The number of ketones is 1. The number of halogens is 2. The summed E-state index contributed by atoms with van der Waals surface area (Å²) >= 11 is 3.23. The Balaban J connectivity index is 2.80. The maximum Gasteiger partial charge on any atom is 0.165 e. The number of alkyl halides is 1. The third-order valence-corrected chi connectivity index (χ3v) is 2.52.